The molecule has 2 fully saturated rings. The topological polar surface area (TPSA) is 17.1 Å². The van der Waals surface area contributed by atoms with Crippen LogP contribution in [-0.2, 0) is 29.1 Å². The van der Waals surface area contributed by atoms with Gasteiger partial charge in [0, 0.05) is 34.8 Å². The Labute approximate surface area is 216 Å². The van der Waals surface area contributed by atoms with Crippen molar-refractivity contribution in [3.63, 3.8) is 0 Å². The van der Waals surface area contributed by atoms with Crippen molar-refractivity contribution < 1.29 is 4.79 Å². The Kier molecular flexibility index (Phi) is 11.0. The lowest BCUT2D eigenvalue weighted by Crippen LogP contribution is -2.09. The number of hydrogen-bond acceptors (Lipinski definition) is 3. The maximum atomic E-state index is 12.8. The number of benzene rings is 2. The fourth-order valence-electron chi connectivity index (χ4n) is 5.44. The lowest BCUT2D eigenvalue weighted by molar-refractivity contribution is -0.119. The van der Waals surface area contributed by atoms with Gasteiger partial charge >= 0.3 is 0 Å². The van der Waals surface area contributed by atoms with E-state index in [4.69, 9.17) is 0 Å². The molecule has 0 aliphatic heterocycles. The van der Waals surface area contributed by atoms with Gasteiger partial charge in [-0.2, -0.15) is 23.5 Å². The van der Waals surface area contributed by atoms with Gasteiger partial charge in [0.1, 0.15) is 5.78 Å². The number of Topliss-reactive ketones (excluding diaryl/α,β-unsaturated/α-hetero) is 1. The van der Waals surface area contributed by atoms with Crippen molar-refractivity contribution in [1.82, 2.24) is 0 Å². The van der Waals surface area contributed by atoms with E-state index in [1.165, 1.54) is 86.5 Å². The monoisotopic (exact) mass is 494 g/mol. The second-order valence-corrected chi connectivity index (χ2v) is 12.8. The van der Waals surface area contributed by atoms with Crippen LogP contribution < -0.4 is 0 Å². The first-order chi connectivity index (χ1) is 16.8. The van der Waals surface area contributed by atoms with E-state index in [1.807, 2.05) is 0 Å². The van der Waals surface area contributed by atoms with Crippen molar-refractivity contribution in [2.24, 2.45) is 0 Å². The lowest BCUT2D eigenvalue weighted by Gasteiger charge is -2.21. The Morgan fingerprint density at radius 2 is 0.971 bits per heavy atom. The number of ketones is 1. The third kappa shape index (κ3) is 8.48. The van der Waals surface area contributed by atoms with Crippen LogP contribution in [0.15, 0.2) is 48.5 Å². The van der Waals surface area contributed by atoms with Gasteiger partial charge in [-0.1, -0.05) is 87.1 Å². The molecular formula is C31H42OS2. The molecule has 1 nitrogen and oxygen atoms in total. The van der Waals surface area contributed by atoms with E-state index in [0.717, 1.165) is 34.8 Å². The molecule has 2 aliphatic carbocycles. The molecule has 184 valence electrons. The van der Waals surface area contributed by atoms with E-state index in [2.05, 4.69) is 72.1 Å². The zero-order valence-corrected chi connectivity index (χ0v) is 22.4. The summed E-state index contributed by atoms with van der Waals surface area (Å²) in [5, 5.41) is 1.67. The van der Waals surface area contributed by atoms with E-state index in [0.29, 0.717) is 18.6 Å². The van der Waals surface area contributed by atoms with Gasteiger partial charge in [0.15, 0.2) is 0 Å². The second-order valence-electron chi connectivity index (χ2n) is 10.2. The standard InChI is InChI=1S/C31H42OS2/c32-29(21-19-25-11-7-9-13-27(25)23-33-30-15-3-1-4-16-30)22-20-26-12-8-10-14-28(26)24-34-31-17-5-2-6-18-31/h7-14,30-31H,1-6,15-24H2. The molecule has 34 heavy (non-hydrogen) atoms. The average molecular weight is 495 g/mol. The van der Waals surface area contributed by atoms with E-state index >= 15 is 0 Å². The van der Waals surface area contributed by atoms with Crippen LogP contribution in [0, 0.1) is 0 Å². The summed E-state index contributed by atoms with van der Waals surface area (Å²) >= 11 is 4.27. The van der Waals surface area contributed by atoms with Crippen molar-refractivity contribution in [2.75, 3.05) is 0 Å². The predicted molar refractivity (Wildman–Crippen MR) is 151 cm³/mol. The van der Waals surface area contributed by atoms with E-state index in [-0.39, 0.29) is 0 Å². The number of carbonyl (C=O) groups excluding carboxylic acids is 1. The van der Waals surface area contributed by atoms with E-state index in [1.54, 1.807) is 0 Å². The molecule has 0 heterocycles. The zero-order chi connectivity index (χ0) is 23.4. The van der Waals surface area contributed by atoms with E-state index in [9.17, 15) is 4.79 Å². The maximum absolute atomic E-state index is 12.8. The fourth-order valence-corrected chi connectivity index (χ4v) is 8.16. The molecule has 0 amide bonds. The molecule has 0 atom stereocenters. The normalized spacial score (nSPS) is 17.6. The van der Waals surface area contributed by atoms with Gasteiger partial charge in [-0.25, -0.2) is 0 Å². The SMILES string of the molecule is O=C(CCc1ccccc1CSC1CCCCC1)CCc1ccccc1CSC1CCCCC1. The molecule has 2 aliphatic rings. The van der Waals surface area contributed by atoms with Gasteiger partial charge in [-0.15, -0.1) is 0 Å². The van der Waals surface area contributed by atoms with Gasteiger partial charge in [-0.05, 0) is 60.8 Å². The van der Waals surface area contributed by atoms with Crippen molar-refractivity contribution >= 4 is 29.3 Å². The summed E-state index contributed by atoms with van der Waals surface area (Å²) in [7, 11) is 0. The molecule has 0 saturated heterocycles. The molecule has 2 aromatic rings. The van der Waals surface area contributed by atoms with Crippen LogP contribution in [0.3, 0.4) is 0 Å². The number of rotatable bonds is 12. The molecule has 0 spiro atoms. The summed E-state index contributed by atoms with van der Waals surface area (Å²) in [5.74, 6) is 2.60. The van der Waals surface area contributed by atoms with Crippen molar-refractivity contribution in [2.45, 2.75) is 112 Å². The largest absolute Gasteiger partial charge is 0.300 e. The average Bonchev–Trinajstić information content (AvgIpc) is 2.90. The van der Waals surface area contributed by atoms with Crippen molar-refractivity contribution in [3.05, 3.63) is 70.8 Å². The van der Waals surface area contributed by atoms with Crippen LogP contribution in [-0.4, -0.2) is 16.3 Å². The third-order valence-corrected chi connectivity index (χ3v) is 10.5. The Bertz CT molecular complexity index is 809. The van der Waals surface area contributed by atoms with Crippen LogP contribution in [0.1, 0.15) is 99.3 Å². The van der Waals surface area contributed by atoms with Gasteiger partial charge in [0.05, 0.1) is 0 Å². The first-order valence-electron chi connectivity index (χ1n) is 13.7. The summed E-state index contributed by atoms with van der Waals surface area (Å²) < 4.78 is 0. The van der Waals surface area contributed by atoms with Gasteiger partial charge < -0.3 is 0 Å². The van der Waals surface area contributed by atoms with Crippen LogP contribution in [0.2, 0.25) is 0 Å². The minimum atomic E-state index is 0.407. The van der Waals surface area contributed by atoms with Crippen molar-refractivity contribution in [3.8, 4) is 0 Å². The highest BCUT2D eigenvalue weighted by molar-refractivity contribution is 7.99. The highest BCUT2D eigenvalue weighted by Gasteiger charge is 2.16. The lowest BCUT2D eigenvalue weighted by atomic mass is 9.98. The Morgan fingerprint density at radius 1 is 0.588 bits per heavy atom. The molecule has 0 radical (unpaired) electrons. The summed E-state index contributed by atoms with van der Waals surface area (Å²) in [6.07, 6.45) is 17.1. The summed E-state index contributed by atoms with van der Waals surface area (Å²) in [6.45, 7) is 0. The van der Waals surface area contributed by atoms with Gasteiger partial charge in [-0.3, -0.25) is 4.79 Å². The maximum Gasteiger partial charge on any atom is 0.133 e. The highest BCUT2D eigenvalue weighted by atomic mass is 32.2. The first-order valence-corrected chi connectivity index (χ1v) is 15.8. The number of carbonyl (C=O) groups is 1. The van der Waals surface area contributed by atoms with Crippen LogP contribution in [0.4, 0.5) is 0 Å². The number of aryl methyl sites for hydroxylation is 2. The molecule has 0 unspecified atom stereocenters. The molecule has 2 aromatic carbocycles. The summed E-state index contributed by atoms with van der Waals surface area (Å²) in [6, 6.07) is 17.6. The predicted octanol–water partition coefficient (Wildman–Crippen LogP) is 8.95. The van der Waals surface area contributed by atoms with Crippen molar-refractivity contribution in [1.29, 1.82) is 0 Å². The van der Waals surface area contributed by atoms with Crippen LogP contribution in [0.25, 0.3) is 0 Å². The quantitative estimate of drug-likeness (QED) is 0.293. The molecule has 4 rings (SSSR count). The van der Waals surface area contributed by atoms with Crippen LogP contribution in [0.5, 0.6) is 0 Å². The molecule has 3 heteroatoms. The zero-order valence-electron chi connectivity index (χ0n) is 20.8. The van der Waals surface area contributed by atoms with Crippen LogP contribution >= 0.6 is 23.5 Å². The minimum Gasteiger partial charge on any atom is -0.300 e. The number of hydrogen-bond donors (Lipinski definition) is 0. The summed E-state index contributed by atoms with van der Waals surface area (Å²) in [4.78, 5) is 12.8. The third-order valence-electron chi connectivity index (χ3n) is 7.64. The smallest absolute Gasteiger partial charge is 0.133 e. The Hall–Kier alpha value is -1.19. The molecule has 0 N–H and O–H groups in total. The number of thioether (sulfide) groups is 2. The second kappa shape index (κ2) is 14.4. The Balaban J connectivity index is 1.22. The molecule has 0 aromatic heterocycles. The Morgan fingerprint density at radius 3 is 1.38 bits per heavy atom. The fraction of sp³-hybridized carbons (Fsp3) is 0.581. The highest BCUT2D eigenvalue weighted by Crippen LogP contribution is 2.32. The van der Waals surface area contributed by atoms with Gasteiger partial charge in [0.25, 0.3) is 0 Å². The molecular weight excluding hydrogens is 452 g/mol. The van der Waals surface area contributed by atoms with Gasteiger partial charge in [0.2, 0.25) is 0 Å². The molecule has 0 bridgehead atoms. The summed E-state index contributed by atoms with van der Waals surface area (Å²) in [5.41, 5.74) is 5.64. The van der Waals surface area contributed by atoms with E-state index < -0.39 is 0 Å². The minimum absolute atomic E-state index is 0.407. The first kappa shape index (κ1) is 25.9. The molecule has 2 saturated carbocycles.